The second-order valence-electron chi connectivity index (χ2n) is 5.59. The van der Waals surface area contributed by atoms with Crippen molar-refractivity contribution in [1.29, 1.82) is 0 Å². The van der Waals surface area contributed by atoms with Crippen molar-refractivity contribution in [3.8, 4) is 0 Å². The van der Waals surface area contributed by atoms with E-state index >= 15 is 0 Å². The Balaban J connectivity index is 2.99. The molecular weight excluding hydrogens is 246 g/mol. The third-order valence-electron chi connectivity index (χ3n) is 2.87. The standard InChI is InChI=1S/C13H21N3O3/c1-5-9-15-10(7-11(17)16-9)14-8(6-12(18)19)13(2,3)4/h7-8H,5-6H2,1-4H3,(H,18,19)(H2,14,15,16,17). The number of hydrogen-bond acceptors (Lipinski definition) is 4. The number of carboxylic acid groups (broad SMARTS) is 1. The molecule has 0 aromatic carbocycles. The van der Waals surface area contributed by atoms with Gasteiger partial charge in [-0.15, -0.1) is 0 Å². The molecule has 0 aliphatic heterocycles. The first-order valence-corrected chi connectivity index (χ1v) is 6.31. The van der Waals surface area contributed by atoms with E-state index in [1.807, 2.05) is 27.7 Å². The Kier molecular flexibility index (Phi) is 4.69. The molecule has 1 heterocycles. The molecule has 3 N–H and O–H groups in total. The Labute approximate surface area is 112 Å². The van der Waals surface area contributed by atoms with Gasteiger partial charge in [-0.25, -0.2) is 4.98 Å². The summed E-state index contributed by atoms with van der Waals surface area (Å²) in [7, 11) is 0. The summed E-state index contributed by atoms with van der Waals surface area (Å²) in [5.41, 5.74) is -0.493. The molecule has 0 aliphatic rings. The van der Waals surface area contributed by atoms with Gasteiger partial charge in [-0.2, -0.15) is 0 Å². The first kappa shape index (κ1) is 15.2. The van der Waals surface area contributed by atoms with E-state index in [9.17, 15) is 9.59 Å². The number of aromatic nitrogens is 2. The Morgan fingerprint density at radius 2 is 2.16 bits per heavy atom. The minimum absolute atomic E-state index is 0.0283. The summed E-state index contributed by atoms with van der Waals surface area (Å²) in [5, 5.41) is 12.0. The smallest absolute Gasteiger partial charge is 0.305 e. The predicted octanol–water partition coefficient (Wildman–Crippen LogP) is 1.63. The van der Waals surface area contributed by atoms with Gasteiger partial charge in [0.25, 0.3) is 5.56 Å². The zero-order valence-corrected chi connectivity index (χ0v) is 11.8. The third kappa shape index (κ3) is 4.73. The third-order valence-corrected chi connectivity index (χ3v) is 2.87. The molecule has 1 aromatic rings. The fourth-order valence-corrected chi connectivity index (χ4v) is 1.68. The van der Waals surface area contributed by atoms with Crippen molar-refractivity contribution in [1.82, 2.24) is 9.97 Å². The van der Waals surface area contributed by atoms with Crippen LogP contribution in [0.1, 0.15) is 39.9 Å². The van der Waals surface area contributed by atoms with Crippen LogP contribution in [0.25, 0.3) is 0 Å². The molecular formula is C13H21N3O3. The molecule has 0 aliphatic carbocycles. The van der Waals surface area contributed by atoms with E-state index in [1.165, 1.54) is 6.07 Å². The quantitative estimate of drug-likeness (QED) is 0.753. The second-order valence-corrected chi connectivity index (χ2v) is 5.59. The van der Waals surface area contributed by atoms with E-state index in [-0.39, 0.29) is 23.4 Å². The summed E-state index contributed by atoms with van der Waals surface area (Å²) < 4.78 is 0. The fourth-order valence-electron chi connectivity index (χ4n) is 1.68. The number of rotatable bonds is 5. The van der Waals surface area contributed by atoms with Gasteiger partial charge < -0.3 is 15.4 Å². The lowest BCUT2D eigenvalue weighted by atomic mass is 9.85. The maximum Gasteiger partial charge on any atom is 0.305 e. The first-order valence-electron chi connectivity index (χ1n) is 6.31. The molecule has 1 aromatic heterocycles. The monoisotopic (exact) mass is 267 g/mol. The van der Waals surface area contributed by atoms with Crippen LogP contribution in [0.2, 0.25) is 0 Å². The molecule has 0 spiro atoms. The molecule has 0 saturated heterocycles. The SMILES string of the molecule is CCc1nc(NC(CC(=O)O)C(C)(C)C)cc(=O)[nH]1. The molecule has 19 heavy (non-hydrogen) atoms. The molecule has 0 fully saturated rings. The number of hydrogen-bond donors (Lipinski definition) is 3. The van der Waals surface area contributed by atoms with Crippen molar-refractivity contribution in [3.05, 3.63) is 22.2 Å². The van der Waals surface area contributed by atoms with Crippen LogP contribution in [-0.4, -0.2) is 27.1 Å². The Morgan fingerprint density at radius 1 is 1.53 bits per heavy atom. The molecule has 0 saturated carbocycles. The highest BCUT2D eigenvalue weighted by Crippen LogP contribution is 2.24. The van der Waals surface area contributed by atoms with Crippen LogP contribution in [0, 0.1) is 5.41 Å². The molecule has 0 amide bonds. The number of aliphatic carboxylic acids is 1. The van der Waals surface area contributed by atoms with E-state index in [0.717, 1.165) is 0 Å². The van der Waals surface area contributed by atoms with E-state index in [2.05, 4.69) is 15.3 Å². The normalized spacial score (nSPS) is 13.1. The van der Waals surface area contributed by atoms with Gasteiger partial charge in [0, 0.05) is 18.5 Å². The number of anilines is 1. The summed E-state index contributed by atoms with van der Waals surface area (Å²) in [5.74, 6) is 0.118. The van der Waals surface area contributed by atoms with Gasteiger partial charge in [0.1, 0.15) is 11.6 Å². The summed E-state index contributed by atoms with van der Waals surface area (Å²) in [6.45, 7) is 7.73. The molecule has 6 heteroatoms. The number of aryl methyl sites for hydroxylation is 1. The number of carboxylic acids is 1. The first-order chi connectivity index (χ1) is 8.72. The molecule has 0 radical (unpaired) electrons. The largest absolute Gasteiger partial charge is 0.481 e. The zero-order chi connectivity index (χ0) is 14.6. The van der Waals surface area contributed by atoms with Crippen LogP contribution in [0.5, 0.6) is 0 Å². The lowest BCUT2D eigenvalue weighted by molar-refractivity contribution is -0.137. The Hall–Kier alpha value is -1.85. The summed E-state index contributed by atoms with van der Waals surface area (Å²) in [4.78, 5) is 29.3. The van der Waals surface area contributed by atoms with E-state index < -0.39 is 5.97 Å². The number of nitrogens with one attached hydrogen (secondary N) is 2. The Morgan fingerprint density at radius 3 is 2.63 bits per heavy atom. The molecule has 0 bridgehead atoms. The summed E-state index contributed by atoms with van der Waals surface area (Å²) in [6.07, 6.45) is 0.587. The number of nitrogens with zero attached hydrogens (tertiary/aromatic N) is 1. The lowest BCUT2D eigenvalue weighted by Crippen LogP contribution is -2.36. The van der Waals surface area contributed by atoms with Gasteiger partial charge >= 0.3 is 5.97 Å². The molecule has 1 rings (SSSR count). The fraction of sp³-hybridized carbons (Fsp3) is 0.615. The van der Waals surface area contributed by atoms with Crippen LogP contribution < -0.4 is 10.9 Å². The highest BCUT2D eigenvalue weighted by molar-refractivity contribution is 5.68. The topological polar surface area (TPSA) is 95.1 Å². The van der Waals surface area contributed by atoms with Gasteiger partial charge in [0.15, 0.2) is 0 Å². The van der Waals surface area contributed by atoms with Gasteiger partial charge in [-0.1, -0.05) is 27.7 Å². The molecule has 106 valence electrons. The van der Waals surface area contributed by atoms with Gasteiger partial charge in [-0.3, -0.25) is 9.59 Å². The second kappa shape index (κ2) is 5.86. The highest BCUT2D eigenvalue weighted by atomic mass is 16.4. The number of carbonyl (C=O) groups is 1. The average Bonchev–Trinajstić information content (AvgIpc) is 2.25. The van der Waals surface area contributed by atoms with Crippen LogP contribution in [0.15, 0.2) is 10.9 Å². The minimum Gasteiger partial charge on any atom is -0.481 e. The van der Waals surface area contributed by atoms with Crippen molar-refractivity contribution in [2.24, 2.45) is 5.41 Å². The van der Waals surface area contributed by atoms with E-state index in [4.69, 9.17) is 5.11 Å². The van der Waals surface area contributed by atoms with Gasteiger partial charge in [-0.05, 0) is 5.41 Å². The Bertz CT molecular complexity index is 503. The number of H-pyrrole nitrogens is 1. The highest BCUT2D eigenvalue weighted by Gasteiger charge is 2.27. The van der Waals surface area contributed by atoms with Crippen LogP contribution in [0.4, 0.5) is 5.82 Å². The van der Waals surface area contributed by atoms with Crippen molar-refractivity contribution in [2.75, 3.05) is 5.32 Å². The zero-order valence-electron chi connectivity index (χ0n) is 11.8. The molecule has 6 nitrogen and oxygen atoms in total. The van der Waals surface area contributed by atoms with Gasteiger partial charge in [0.2, 0.25) is 0 Å². The van der Waals surface area contributed by atoms with E-state index in [0.29, 0.717) is 18.1 Å². The van der Waals surface area contributed by atoms with Crippen LogP contribution >= 0.6 is 0 Å². The van der Waals surface area contributed by atoms with Crippen molar-refractivity contribution >= 4 is 11.8 Å². The average molecular weight is 267 g/mol. The number of aromatic amines is 1. The van der Waals surface area contributed by atoms with E-state index in [1.54, 1.807) is 0 Å². The molecule has 1 unspecified atom stereocenters. The maximum atomic E-state index is 11.5. The van der Waals surface area contributed by atoms with Crippen LogP contribution in [-0.2, 0) is 11.2 Å². The minimum atomic E-state index is -0.881. The maximum absolute atomic E-state index is 11.5. The predicted molar refractivity (Wildman–Crippen MR) is 73.4 cm³/mol. The summed E-state index contributed by atoms with van der Waals surface area (Å²) in [6, 6.07) is 1.05. The van der Waals surface area contributed by atoms with Crippen molar-refractivity contribution in [2.45, 2.75) is 46.6 Å². The summed E-state index contributed by atoms with van der Waals surface area (Å²) >= 11 is 0. The lowest BCUT2D eigenvalue weighted by Gasteiger charge is -2.30. The van der Waals surface area contributed by atoms with Gasteiger partial charge in [0.05, 0.1) is 6.42 Å². The van der Waals surface area contributed by atoms with Crippen molar-refractivity contribution < 1.29 is 9.90 Å². The van der Waals surface area contributed by atoms with Crippen LogP contribution in [0.3, 0.4) is 0 Å². The molecule has 1 atom stereocenters. The van der Waals surface area contributed by atoms with Crippen molar-refractivity contribution in [3.63, 3.8) is 0 Å².